The molecule has 1 aromatic heterocycles. The van der Waals surface area contributed by atoms with Crippen LogP contribution in [0.1, 0.15) is 50.3 Å². The van der Waals surface area contributed by atoms with E-state index in [0.29, 0.717) is 13.0 Å². The molecule has 2 heterocycles. The number of carbonyl (C=O) groups excluding carboxylic acids is 1. The second-order valence-corrected chi connectivity index (χ2v) is 9.27. The van der Waals surface area contributed by atoms with Crippen LogP contribution in [-0.4, -0.2) is 42.9 Å². The molecule has 2 aliphatic rings. The van der Waals surface area contributed by atoms with Crippen molar-refractivity contribution in [2.75, 3.05) is 13.2 Å². The zero-order chi connectivity index (χ0) is 19.0. The van der Waals surface area contributed by atoms with E-state index in [1.165, 1.54) is 22.0 Å². The van der Waals surface area contributed by atoms with Gasteiger partial charge in [0, 0.05) is 23.1 Å². The topological polar surface area (TPSA) is 79.5 Å². The van der Waals surface area contributed by atoms with Crippen LogP contribution in [0.5, 0.6) is 0 Å². The van der Waals surface area contributed by atoms with Crippen LogP contribution in [0.3, 0.4) is 0 Å². The van der Waals surface area contributed by atoms with E-state index in [0.717, 1.165) is 43.0 Å². The average molecular weight is 391 g/mol. The van der Waals surface area contributed by atoms with Crippen molar-refractivity contribution in [3.63, 3.8) is 0 Å². The molecular formula is C20H26N2O4S. The SMILES string of the molecule is CCOC(=O)[C@H]1CCCCN1S(=O)(=O)c1ccc2[nH]c3c(c2c1)CCCC3. The molecule has 6 nitrogen and oxygen atoms in total. The maximum Gasteiger partial charge on any atom is 0.324 e. The van der Waals surface area contributed by atoms with E-state index in [1.54, 1.807) is 19.1 Å². The average Bonchev–Trinajstić information content (AvgIpc) is 3.06. The number of aromatic amines is 1. The lowest BCUT2D eigenvalue weighted by atomic mass is 9.96. The Morgan fingerprint density at radius 3 is 2.85 bits per heavy atom. The molecule has 1 N–H and O–H groups in total. The number of fused-ring (bicyclic) bond motifs is 3. The number of esters is 1. The summed E-state index contributed by atoms with van der Waals surface area (Å²) in [7, 11) is -3.75. The minimum absolute atomic E-state index is 0.255. The highest BCUT2D eigenvalue weighted by molar-refractivity contribution is 7.89. The van der Waals surface area contributed by atoms with Crippen molar-refractivity contribution in [2.24, 2.45) is 0 Å². The summed E-state index contributed by atoms with van der Waals surface area (Å²) in [6.45, 7) is 2.35. The minimum Gasteiger partial charge on any atom is -0.465 e. The summed E-state index contributed by atoms with van der Waals surface area (Å²) >= 11 is 0. The van der Waals surface area contributed by atoms with E-state index in [-0.39, 0.29) is 11.5 Å². The molecule has 27 heavy (non-hydrogen) atoms. The van der Waals surface area contributed by atoms with Gasteiger partial charge in [0.15, 0.2) is 0 Å². The van der Waals surface area contributed by atoms with Crippen molar-refractivity contribution >= 4 is 26.9 Å². The molecule has 1 fully saturated rings. The lowest BCUT2D eigenvalue weighted by Crippen LogP contribution is -2.48. The van der Waals surface area contributed by atoms with Crippen molar-refractivity contribution in [1.82, 2.24) is 9.29 Å². The third-order valence-corrected chi connectivity index (χ3v) is 7.59. The van der Waals surface area contributed by atoms with Gasteiger partial charge in [0.2, 0.25) is 10.0 Å². The number of rotatable bonds is 4. The molecule has 1 aromatic carbocycles. The Hall–Kier alpha value is -1.86. The number of H-pyrrole nitrogens is 1. The Kier molecular flexibility index (Phi) is 4.99. The van der Waals surface area contributed by atoms with Crippen LogP contribution in [0.2, 0.25) is 0 Å². The molecule has 0 unspecified atom stereocenters. The van der Waals surface area contributed by atoms with Crippen molar-refractivity contribution < 1.29 is 17.9 Å². The first-order chi connectivity index (χ1) is 13.0. The maximum absolute atomic E-state index is 13.3. The Labute approximate surface area is 159 Å². The number of ether oxygens (including phenoxy) is 1. The summed E-state index contributed by atoms with van der Waals surface area (Å²) in [5.74, 6) is -0.444. The number of hydrogen-bond acceptors (Lipinski definition) is 4. The predicted molar refractivity (Wildman–Crippen MR) is 103 cm³/mol. The molecule has 1 atom stereocenters. The highest BCUT2D eigenvalue weighted by Gasteiger charge is 2.38. The summed E-state index contributed by atoms with van der Waals surface area (Å²) in [5, 5.41) is 0.996. The molecule has 2 aromatic rings. The standard InChI is InChI=1S/C20H26N2O4S/c1-2-26-20(23)19-9-5-6-12-22(19)27(24,25)14-10-11-18-16(13-14)15-7-3-4-8-17(15)21-18/h10-11,13,19,21H,2-9,12H2,1H3/t19-/m1/s1. The molecule has 0 bridgehead atoms. The summed E-state index contributed by atoms with van der Waals surface area (Å²) < 4.78 is 33.2. The molecule has 1 aliphatic carbocycles. The number of benzene rings is 1. The molecule has 4 rings (SSSR count). The largest absolute Gasteiger partial charge is 0.465 e. The molecular weight excluding hydrogens is 364 g/mol. The second kappa shape index (κ2) is 7.28. The molecule has 0 spiro atoms. The van der Waals surface area contributed by atoms with E-state index < -0.39 is 22.0 Å². The number of piperidine rings is 1. The van der Waals surface area contributed by atoms with Crippen LogP contribution in [-0.2, 0) is 32.4 Å². The Bertz CT molecular complexity index is 964. The number of nitrogens with zero attached hydrogens (tertiary/aromatic N) is 1. The smallest absolute Gasteiger partial charge is 0.324 e. The van der Waals surface area contributed by atoms with Gasteiger partial charge in [0.25, 0.3) is 0 Å². The van der Waals surface area contributed by atoms with Crippen LogP contribution in [0, 0.1) is 0 Å². The highest BCUT2D eigenvalue weighted by atomic mass is 32.2. The third-order valence-electron chi connectivity index (χ3n) is 5.69. The van der Waals surface area contributed by atoms with E-state index in [9.17, 15) is 13.2 Å². The highest BCUT2D eigenvalue weighted by Crippen LogP contribution is 2.33. The van der Waals surface area contributed by atoms with Crippen molar-refractivity contribution in [2.45, 2.75) is 62.8 Å². The first kappa shape index (κ1) is 18.5. The number of nitrogens with one attached hydrogen (secondary N) is 1. The lowest BCUT2D eigenvalue weighted by Gasteiger charge is -2.33. The molecule has 146 valence electrons. The summed E-state index contributed by atoms with van der Waals surface area (Å²) in [5.41, 5.74) is 3.46. The Balaban J connectivity index is 1.73. The van der Waals surface area contributed by atoms with Gasteiger partial charge in [0.05, 0.1) is 11.5 Å². The fraction of sp³-hybridized carbons (Fsp3) is 0.550. The predicted octanol–water partition coefficient (Wildman–Crippen LogP) is 3.15. The van der Waals surface area contributed by atoms with E-state index in [4.69, 9.17) is 4.74 Å². The Morgan fingerprint density at radius 1 is 1.22 bits per heavy atom. The molecule has 0 saturated carbocycles. The summed E-state index contributed by atoms with van der Waals surface area (Å²) in [4.78, 5) is 16.0. The summed E-state index contributed by atoms with van der Waals surface area (Å²) in [6, 6.07) is 4.56. The van der Waals surface area contributed by atoms with Crippen molar-refractivity contribution in [1.29, 1.82) is 0 Å². The van der Waals surface area contributed by atoms with Crippen LogP contribution in [0.4, 0.5) is 0 Å². The van der Waals surface area contributed by atoms with Crippen LogP contribution >= 0.6 is 0 Å². The first-order valence-electron chi connectivity index (χ1n) is 9.84. The fourth-order valence-electron chi connectivity index (χ4n) is 4.35. The fourth-order valence-corrected chi connectivity index (χ4v) is 6.02. The summed E-state index contributed by atoms with van der Waals surface area (Å²) in [6.07, 6.45) is 6.40. The van der Waals surface area contributed by atoms with Gasteiger partial charge in [-0.05, 0) is 75.6 Å². The lowest BCUT2D eigenvalue weighted by molar-refractivity contribution is -0.148. The second-order valence-electron chi connectivity index (χ2n) is 7.38. The molecule has 0 amide bonds. The van der Waals surface area contributed by atoms with E-state index >= 15 is 0 Å². The van der Waals surface area contributed by atoms with Gasteiger partial charge in [-0.1, -0.05) is 0 Å². The molecule has 7 heteroatoms. The van der Waals surface area contributed by atoms with Gasteiger partial charge < -0.3 is 9.72 Å². The Morgan fingerprint density at radius 2 is 2.04 bits per heavy atom. The number of aryl methyl sites for hydroxylation is 2. The third kappa shape index (κ3) is 3.27. The van der Waals surface area contributed by atoms with Crippen LogP contribution in [0.25, 0.3) is 10.9 Å². The van der Waals surface area contributed by atoms with E-state index in [1.807, 2.05) is 6.07 Å². The molecule has 1 saturated heterocycles. The number of sulfonamides is 1. The van der Waals surface area contributed by atoms with Gasteiger partial charge in [-0.2, -0.15) is 4.31 Å². The van der Waals surface area contributed by atoms with Crippen molar-refractivity contribution in [3.05, 3.63) is 29.5 Å². The van der Waals surface area contributed by atoms with E-state index in [2.05, 4.69) is 4.98 Å². The van der Waals surface area contributed by atoms with Gasteiger partial charge >= 0.3 is 5.97 Å². The van der Waals surface area contributed by atoms with Crippen LogP contribution in [0.15, 0.2) is 23.1 Å². The minimum atomic E-state index is -3.75. The van der Waals surface area contributed by atoms with Gasteiger partial charge in [0.1, 0.15) is 6.04 Å². The zero-order valence-corrected chi connectivity index (χ0v) is 16.5. The molecule has 0 radical (unpaired) electrons. The zero-order valence-electron chi connectivity index (χ0n) is 15.7. The normalized spacial score (nSPS) is 21.1. The number of carbonyl (C=O) groups is 1. The monoisotopic (exact) mass is 390 g/mol. The van der Waals surface area contributed by atoms with Gasteiger partial charge in [-0.3, -0.25) is 4.79 Å². The van der Waals surface area contributed by atoms with Gasteiger partial charge in [-0.25, -0.2) is 8.42 Å². The quantitative estimate of drug-likeness (QED) is 0.814. The number of aromatic nitrogens is 1. The van der Waals surface area contributed by atoms with Gasteiger partial charge in [-0.15, -0.1) is 0 Å². The first-order valence-corrected chi connectivity index (χ1v) is 11.3. The molecule has 1 aliphatic heterocycles. The maximum atomic E-state index is 13.3. The van der Waals surface area contributed by atoms with Crippen LogP contribution < -0.4 is 0 Å². The number of hydrogen-bond donors (Lipinski definition) is 1. The van der Waals surface area contributed by atoms with Crippen molar-refractivity contribution in [3.8, 4) is 0 Å².